The van der Waals surface area contributed by atoms with Gasteiger partial charge in [-0.05, 0) is 61.7 Å². The first kappa shape index (κ1) is 21.7. The molecule has 0 saturated heterocycles. The number of nitrogens with one attached hydrogen (secondary N) is 1. The highest BCUT2D eigenvalue weighted by molar-refractivity contribution is 7.91. The van der Waals surface area contributed by atoms with Gasteiger partial charge in [0.05, 0.1) is 16.9 Å². The lowest BCUT2D eigenvalue weighted by molar-refractivity contribution is -0.174. The summed E-state index contributed by atoms with van der Waals surface area (Å²) in [5.74, 6) is -1.43. The molecule has 0 aliphatic carbocycles. The number of rotatable bonds is 6. The summed E-state index contributed by atoms with van der Waals surface area (Å²) in [6.07, 6.45) is -4.81. The average Bonchev–Trinajstić information content (AvgIpc) is 2.61. The molecule has 0 aliphatic heterocycles. The first-order valence-electron chi connectivity index (χ1n) is 8.31. The van der Waals surface area contributed by atoms with Crippen molar-refractivity contribution in [3.8, 4) is 5.75 Å². The van der Waals surface area contributed by atoms with Crippen LogP contribution < -0.4 is 10.1 Å². The maximum Gasteiger partial charge on any atom is 0.471 e. The highest BCUT2D eigenvalue weighted by Crippen LogP contribution is 2.26. The fourth-order valence-corrected chi connectivity index (χ4v) is 4.01. The van der Waals surface area contributed by atoms with Gasteiger partial charge in [-0.3, -0.25) is 4.79 Å². The summed E-state index contributed by atoms with van der Waals surface area (Å²) >= 11 is 0. The van der Waals surface area contributed by atoms with Gasteiger partial charge in [0, 0.05) is 6.04 Å². The van der Waals surface area contributed by atoms with E-state index in [2.05, 4.69) is 0 Å². The van der Waals surface area contributed by atoms with Gasteiger partial charge in [-0.15, -0.1) is 0 Å². The van der Waals surface area contributed by atoms with Crippen molar-refractivity contribution < 1.29 is 31.1 Å². The fourth-order valence-electron chi connectivity index (χ4n) is 2.67. The predicted octanol–water partition coefficient (Wildman–Crippen LogP) is 3.45. The smallest absolute Gasteiger partial charge is 0.471 e. The molecule has 2 aromatic carbocycles. The van der Waals surface area contributed by atoms with E-state index in [0.717, 1.165) is 0 Å². The molecule has 0 aliphatic rings. The van der Waals surface area contributed by atoms with E-state index in [9.17, 15) is 26.4 Å². The van der Waals surface area contributed by atoms with Gasteiger partial charge in [0.1, 0.15) is 5.75 Å². The van der Waals surface area contributed by atoms with Crippen LogP contribution in [0.2, 0.25) is 0 Å². The van der Waals surface area contributed by atoms with Crippen molar-refractivity contribution >= 4 is 15.7 Å². The number of ether oxygens (including phenoxy) is 1. The van der Waals surface area contributed by atoms with E-state index in [4.69, 9.17) is 4.74 Å². The standard InChI is InChI=1S/C19H20F3NO4S/c1-12-10-16(8-9-17(12)27-3)28(25,26)15-6-4-14(5-7-15)11-13(2)23-18(24)19(20,21)22/h4-10,13H,11H2,1-3H3,(H,23,24)/t13-/m1/s1. The molecular formula is C19H20F3NO4S. The van der Waals surface area contributed by atoms with Crippen molar-refractivity contribution in [3.05, 3.63) is 53.6 Å². The molecular weight excluding hydrogens is 395 g/mol. The monoisotopic (exact) mass is 415 g/mol. The molecule has 2 aromatic rings. The molecule has 1 atom stereocenters. The van der Waals surface area contributed by atoms with E-state index in [-0.39, 0.29) is 16.2 Å². The van der Waals surface area contributed by atoms with Gasteiger partial charge in [-0.2, -0.15) is 13.2 Å². The normalized spacial score (nSPS) is 13.1. The molecule has 0 fully saturated rings. The van der Waals surface area contributed by atoms with Gasteiger partial charge in [0.25, 0.3) is 0 Å². The quantitative estimate of drug-likeness (QED) is 0.785. The molecule has 0 aromatic heterocycles. The summed E-state index contributed by atoms with van der Waals surface area (Å²) in [5, 5.41) is 1.86. The molecule has 0 heterocycles. The Labute approximate surface area is 161 Å². The van der Waals surface area contributed by atoms with Gasteiger partial charge in [-0.1, -0.05) is 12.1 Å². The van der Waals surface area contributed by atoms with Crippen LogP contribution in [0, 0.1) is 6.92 Å². The summed E-state index contributed by atoms with van der Waals surface area (Å²) in [6, 6.07) is 9.58. The minimum atomic E-state index is -4.94. The van der Waals surface area contributed by atoms with Crippen LogP contribution in [0.1, 0.15) is 18.1 Å². The van der Waals surface area contributed by atoms with Crippen LogP contribution in [0.25, 0.3) is 0 Å². The zero-order chi connectivity index (χ0) is 21.1. The van der Waals surface area contributed by atoms with Crippen LogP contribution in [0.3, 0.4) is 0 Å². The molecule has 1 N–H and O–H groups in total. The van der Waals surface area contributed by atoms with Crippen LogP contribution >= 0.6 is 0 Å². The van der Waals surface area contributed by atoms with E-state index in [1.54, 1.807) is 13.0 Å². The van der Waals surface area contributed by atoms with Crippen molar-refractivity contribution in [2.45, 2.75) is 42.3 Å². The topological polar surface area (TPSA) is 72.5 Å². The van der Waals surface area contributed by atoms with Gasteiger partial charge in [0.2, 0.25) is 9.84 Å². The number of alkyl halides is 3. The molecule has 9 heteroatoms. The number of hydrogen-bond donors (Lipinski definition) is 1. The Kier molecular flexibility index (Phi) is 6.38. The Bertz CT molecular complexity index is 954. The molecule has 0 saturated carbocycles. The lowest BCUT2D eigenvalue weighted by Crippen LogP contribution is -2.42. The second kappa shape index (κ2) is 8.22. The van der Waals surface area contributed by atoms with Gasteiger partial charge in [-0.25, -0.2) is 8.42 Å². The molecule has 5 nitrogen and oxygen atoms in total. The maximum atomic E-state index is 12.8. The molecule has 0 radical (unpaired) electrons. The van der Waals surface area contributed by atoms with Crippen molar-refractivity contribution in [2.75, 3.05) is 7.11 Å². The third-order valence-corrected chi connectivity index (χ3v) is 5.85. The van der Waals surface area contributed by atoms with Gasteiger partial charge >= 0.3 is 12.1 Å². The van der Waals surface area contributed by atoms with Crippen molar-refractivity contribution in [1.82, 2.24) is 5.32 Å². The molecule has 0 unspecified atom stereocenters. The van der Waals surface area contributed by atoms with Crippen LogP contribution in [0.4, 0.5) is 13.2 Å². The van der Waals surface area contributed by atoms with Crippen LogP contribution in [0.15, 0.2) is 52.3 Å². The predicted molar refractivity (Wildman–Crippen MR) is 97.0 cm³/mol. The first-order chi connectivity index (χ1) is 12.9. The largest absolute Gasteiger partial charge is 0.496 e. The Morgan fingerprint density at radius 1 is 1.11 bits per heavy atom. The lowest BCUT2D eigenvalue weighted by Gasteiger charge is -2.15. The van der Waals surface area contributed by atoms with Gasteiger partial charge < -0.3 is 10.1 Å². The Morgan fingerprint density at radius 2 is 1.68 bits per heavy atom. The number of carbonyl (C=O) groups excluding carboxylic acids is 1. The van der Waals surface area contributed by atoms with Crippen molar-refractivity contribution in [1.29, 1.82) is 0 Å². The molecule has 2 rings (SSSR count). The minimum Gasteiger partial charge on any atom is -0.496 e. The van der Waals surface area contributed by atoms with E-state index < -0.39 is 28.0 Å². The third kappa shape index (κ3) is 5.03. The number of amides is 1. The average molecular weight is 415 g/mol. The van der Waals surface area contributed by atoms with E-state index >= 15 is 0 Å². The molecule has 1 amide bonds. The SMILES string of the molecule is COc1ccc(S(=O)(=O)c2ccc(C[C@@H](C)NC(=O)C(F)(F)F)cc2)cc1C. The minimum absolute atomic E-state index is 0.0628. The molecule has 28 heavy (non-hydrogen) atoms. The Morgan fingerprint density at radius 3 is 2.18 bits per heavy atom. The van der Waals surface area contributed by atoms with E-state index in [1.165, 1.54) is 50.4 Å². The summed E-state index contributed by atoms with van der Waals surface area (Å²) in [5.41, 5.74) is 1.27. The van der Waals surface area contributed by atoms with Gasteiger partial charge in [0.15, 0.2) is 0 Å². The zero-order valence-corrected chi connectivity index (χ0v) is 16.3. The fraction of sp³-hybridized carbons (Fsp3) is 0.316. The van der Waals surface area contributed by atoms with E-state index in [0.29, 0.717) is 16.9 Å². The lowest BCUT2D eigenvalue weighted by atomic mass is 10.1. The summed E-state index contributed by atoms with van der Waals surface area (Å²) in [7, 11) is -2.25. The number of methoxy groups -OCH3 is 1. The summed E-state index contributed by atoms with van der Waals surface area (Å²) < 4.78 is 67.5. The Hall–Kier alpha value is -2.55. The zero-order valence-electron chi connectivity index (χ0n) is 15.5. The second-order valence-corrected chi connectivity index (χ2v) is 8.30. The number of carbonyl (C=O) groups is 1. The number of halogens is 3. The van der Waals surface area contributed by atoms with Crippen molar-refractivity contribution in [3.63, 3.8) is 0 Å². The van der Waals surface area contributed by atoms with Crippen LogP contribution in [-0.2, 0) is 21.1 Å². The summed E-state index contributed by atoms with van der Waals surface area (Å²) in [4.78, 5) is 11.1. The number of hydrogen-bond acceptors (Lipinski definition) is 4. The molecule has 0 bridgehead atoms. The van der Waals surface area contributed by atoms with E-state index in [1.807, 2.05) is 5.32 Å². The maximum absolute atomic E-state index is 12.8. The Balaban J connectivity index is 2.15. The number of benzene rings is 2. The van der Waals surface area contributed by atoms with Crippen LogP contribution in [0.5, 0.6) is 5.75 Å². The van der Waals surface area contributed by atoms with Crippen molar-refractivity contribution in [2.24, 2.45) is 0 Å². The second-order valence-electron chi connectivity index (χ2n) is 6.36. The highest BCUT2D eigenvalue weighted by atomic mass is 32.2. The summed E-state index contributed by atoms with van der Waals surface area (Å²) in [6.45, 7) is 3.17. The first-order valence-corrected chi connectivity index (χ1v) is 9.80. The number of aryl methyl sites for hydroxylation is 1. The molecule has 152 valence electrons. The number of sulfone groups is 1. The highest BCUT2D eigenvalue weighted by Gasteiger charge is 2.39. The third-order valence-electron chi connectivity index (χ3n) is 4.09. The van der Waals surface area contributed by atoms with Crippen LogP contribution in [-0.4, -0.2) is 33.7 Å². The molecule has 0 spiro atoms.